The van der Waals surface area contributed by atoms with Gasteiger partial charge in [-0.3, -0.25) is 4.79 Å². The third-order valence-corrected chi connectivity index (χ3v) is 8.67. The fourth-order valence-electron chi connectivity index (χ4n) is 3.70. The minimum atomic E-state index is -3.56. The quantitative estimate of drug-likeness (QED) is 0.493. The van der Waals surface area contributed by atoms with Crippen molar-refractivity contribution in [2.24, 2.45) is 5.92 Å². The topological polar surface area (TPSA) is 76.6 Å². The molecule has 3 aromatic rings. The molecule has 0 radical (unpaired) electrons. The summed E-state index contributed by atoms with van der Waals surface area (Å²) in [6.45, 7) is 4.61. The lowest BCUT2D eigenvalue weighted by molar-refractivity contribution is -0.151. The SMILES string of the molecule is Cc1ccc(S(=O)(=O)N2CCC(C(=O)OCc3csc(-c4ccccc4)n3)CC2)cc1C. The van der Waals surface area contributed by atoms with Crippen LogP contribution in [0.15, 0.2) is 58.8 Å². The molecule has 0 aliphatic carbocycles. The van der Waals surface area contributed by atoms with Crippen LogP contribution in [-0.2, 0) is 26.2 Å². The fourth-order valence-corrected chi connectivity index (χ4v) is 6.07. The van der Waals surface area contributed by atoms with Gasteiger partial charge in [0.15, 0.2) is 0 Å². The summed E-state index contributed by atoms with van der Waals surface area (Å²) in [7, 11) is -3.56. The Kier molecular flexibility index (Phi) is 6.74. The molecule has 0 N–H and O–H groups in total. The number of nitrogens with zero attached hydrogens (tertiary/aromatic N) is 2. The van der Waals surface area contributed by atoms with Crippen LogP contribution in [-0.4, -0.2) is 36.8 Å². The van der Waals surface area contributed by atoms with E-state index < -0.39 is 10.0 Å². The van der Waals surface area contributed by atoms with E-state index in [9.17, 15) is 13.2 Å². The Balaban J connectivity index is 1.31. The minimum Gasteiger partial charge on any atom is -0.459 e. The molecule has 1 aliphatic heterocycles. The Bertz CT molecular complexity index is 1200. The zero-order chi connectivity index (χ0) is 22.7. The number of aryl methyl sites for hydroxylation is 2. The van der Waals surface area contributed by atoms with Crippen molar-refractivity contribution in [1.29, 1.82) is 0 Å². The monoisotopic (exact) mass is 470 g/mol. The summed E-state index contributed by atoms with van der Waals surface area (Å²) in [6.07, 6.45) is 0.907. The van der Waals surface area contributed by atoms with Crippen molar-refractivity contribution in [2.75, 3.05) is 13.1 Å². The molecule has 0 amide bonds. The summed E-state index contributed by atoms with van der Waals surface area (Å²) >= 11 is 1.52. The standard InChI is InChI=1S/C24H26N2O4S2/c1-17-8-9-22(14-18(17)2)32(28,29)26-12-10-20(11-13-26)24(27)30-15-21-16-31-23(25-21)19-6-4-3-5-7-19/h3-9,14,16,20H,10-13,15H2,1-2H3. The maximum absolute atomic E-state index is 13.0. The Morgan fingerprint density at radius 3 is 2.50 bits per heavy atom. The van der Waals surface area contributed by atoms with Gasteiger partial charge in [0.2, 0.25) is 10.0 Å². The lowest BCUT2D eigenvalue weighted by atomic mass is 9.98. The first-order chi connectivity index (χ1) is 15.3. The number of hydrogen-bond acceptors (Lipinski definition) is 6. The maximum Gasteiger partial charge on any atom is 0.309 e. The second-order valence-corrected chi connectivity index (χ2v) is 10.8. The molecule has 8 heteroatoms. The first-order valence-electron chi connectivity index (χ1n) is 10.6. The number of carbonyl (C=O) groups excluding carboxylic acids is 1. The average molecular weight is 471 g/mol. The van der Waals surface area contributed by atoms with Crippen molar-refractivity contribution < 1.29 is 17.9 Å². The molecule has 1 fully saturated rings. The number of thiazole rings is 1. The number of aromatic nitrogens is 1. The molecule has 0 unspecified atom stereocenters. The van der Waals surface area contributed by atoms with E-state index in [0.717, 1.165) is 27.4 Å². The van der Waals surface area contributed by atoms with Gasteiger partial charge in [-0.05, 0) is 49.9 Å². The number of benzene rings is 2. The van der Waals surface area contributed by atoms with E-state index in [2.05, 4.69) is 4.98 Å². The normalized spacial score (nSPS) is 15.6. The van der Waals surface area contributed by atoms with Gasteiger partial charge in [0.25, 0.3) is 0 Å². The second kappa shape index (κ2) is 9.52. The summed E-state index contributed by atoms with van der Waals surface area (Å²) in [5.74, 6) is -0.587. The van der Waals surface area contributed by atoms with Crippen LogP contribution in [0, 0.1) is 19.8 Å². The number of sulfonamides is 1. The van der Waals surface area contributed by atoms with Gasteiger partial charge in [-0.25, -0.2) is 13.4 Å². The second-order valence-electron chi connectivity index (χ2n) is 8.04. The molecule has 6 nitrogen and oxygen atoms in total. The van der Waals surface area contributed by atoms with Gasteiger partial charge in [-0.15, -0.1) is 11.3 Å². The zero-order valence-electron chi connectivity index (χ0n) is 18.2. The number of carbonyl (C=O) groups is 1. The average Bonchev–Trinajstić information content (AvgIpc) is 3.29. The highest BCUT2D eigenvalue weighted by atomic mass is 32.2. The minimum absolute atomic E-state index is 0.128. The zero-order valence-corrected chi connectivity index (χ0v) is 19.8. The van der Waals surface area contributed by atoms with Crippen molar-refractivity contribution in [2.45, 2.75) is 38.2 Å². The predicted octanol–water partition coefficient (Wildman–Crippen LogP) is 4.57. The number of hydrogen-bond donors (Lipinski definition) is 0. The van der Waals surface area contributed by atoms with Gasteiger partial charge in [0.1, 0.15) is 11.6 Å². The summed E-state index contributed by atoms with van der Waals surface area (Å²) in [4.78, 5) is 17.4. The smallest absolute Gasteiger partial charge is 0.309 e. The Morgan fingerprint density at radius 2 is 1.81 bits per heavy atom. The number of ether oxygens (including phenoxy) is 1. The summed E-state index contributed by atoms with van der Waals surface area (Å²) in [5, 5.41) is 2.79. The molecular weight excluding hydrogens is 444 g/mol. The van der Waals surface area contributed by atoms with Crippen LogP contribution in [0.5, 0.6) is 0 Å². The number of piperidine rings is 1. The van der Waals surface area contributed by atoms with Crippen molar-refractivity contribution in [1.82, 2.24) is 9.29 Å². The molecular formula is C24H26N2O4S2. The van der Waals surface area contributed by atoms with Crippen LogP contribution in [0.1, 0.15) is 29.7 Å². The highest BCUT2D eigenvalue weighted by Gasteiger charge is 2.33. The van der Waals surface area contributed by atoms with Crippen LogP contribution < -0.4 is 0 Å². The molecule has 2 aromatic carbocycles. The molecule has 0 atom stereocenters. The Hall–Kier alpha value is -2.55. The summed E-state index contributed by atoms with van der Waals surface area (Å²) < 4.78 is 32.9. The van der Waals surface area contributed by atoms with E-state index in [1.807, 2.05) is 55.6 Å². The molecule has 0 bridgehead atoms. The third-order valence-electron chi connectivity index (χ3n) is 5.84. The molecule has 32 heavy (non-hydrogen) atoms. The molecule has 168 valence electrons. The first-order valence-corrected chi connectivity index (χ1v) is 12.9. The van der Waals surface area contributed by atoms with E-state index in [1.165, 1.54) is 15.6 Å². The Labute approximate surface area is 192 Å². The molecule has 1 saturated heterocycles. The van der Waals surface area contributed by atoms with E-state index in [1.54, 1.807) is 12.1 Å². The molecule has 0 saturated carbocycles. The maximum atomic E-state index is 13.0. The van der Waals surface area contributed by atoms with Crippen molar-refractivity contribution in [3.63, 3.8) is 0 Å². The fraction of sp³-hybridized carbons (Fsp3) is 0.333. The third kappa shape index (κ3) is 4.92. The van der Waals surface area contributed by atoms with Crippen LogP contribution in [0.4, 0.5) is 0 Å². The van der Waals surface area contributed by atoms with Crippen LogP contribution in [0.2, 0.25) is 0 Å². The van der Waals surface area contributed by atoms with Gasteiger partial charge in [-0.2, -0.15) is 4.31 Å². The molecule has 1 aromatic heterocycles. The number of rotatable bonds is 6. The highest BCUT2D eigenvalue weighted by Crippen LogP contribution is 2.27. The molecule has 4 rings (SSSR count). The highest BCUT2D eigenvalue weighted by molar-refractivity contribution is 7.89. The van der Waals surface area contributed by atoms with Gasteiger partial charge >= 0.3 is 5.97 Å². The lowest BCUT2D eigenvalue weighted by Crippen LogP contribution is -2.40. The molecule has 0 spiro atoms. The van der Waals surface area contributed by atoms with Crippen LogP contribution in [0.3, 0.4) is 0 Å². The summed E-state index contributed by atoms with van der Waals surface area (Å²) in [5.41, 5.74) is 3.76. The molecule has 2 heterocycles. The Morgan fingerprint density at radius 1 is 1.09 bits per heavy atom. The van der Waals surface area contributed by atoms with Gasteiger partial charge < -0.3 is 4.74 Å². The summed E-state index contributed by atoms with van der Waals surface area (Å²) in [6, 6.07) is 15.1. The van der Waals surface area contributed by atoms with Gasteiger partial charge in [0, 0.05) is 24.0 Å². The van der Waals surface area contributed by atoms with Crippen molar-refractivity contribution >= 4 is 27.3 Å². The number of esters is 1. The van der Waals surface area contributed by atoms with E-state index in [4.69, 9.17) is 4.74 Å². The molecule has 1 aliphatic rings. The predicted molar refractivity (Wildman–Crippen MR) is 125 cm³/mol. The largest absolute Gasteiger partial charge is 0.459 e. The first kappa shape index (κ1) is 22.6. The van der Waals surface area contributed by atoms with E-state index >= 15 is 0 Å². The van der Waals surface area contributed by atoms with Gasteiger partial charge in [-0.1, -0.05) is 36.4 Å². The van der Waals surface area contributed by atoms with Crippen LogP contribution in [0.25, 0.3) is 10.6 Å². The lowest BCUT2D eigenvalue weighted by Gasteiger charge is -2.30. The van der Waals surface area contributed by atoms with E-state index in [0.29, 0.717) is 30.8 Å². The van der Waals surface area contributed by atoms with E-state index in [-0.39, 0.29) is 18.5 Å². The van der Waals surface area contributed by atoms with Crippen molar-refractivity contribution in [3.8, 4) is 10.6 Å². The van der Waals surface area contributed by atoms with Gasteiger partial charge in [0.05, 0.1) is 16.5 Å². The van der Waals surface area contributed by atoms with Crippen molar-refractivity contribution in [3.05, 3.63) is 70.7 Å². The van der Waals surface area contributed by atoms with Crippen LogP contribution >= 0.6 is 11.3 Å².